The van der Waals surface area contributed by atoms with Crippen LogP contribution in [0.3, 0.4) is 0 Å². The standard InChI is InChI=1S/C14H18O/c1-10-7-11-3-4-13(9-12(11)8-10)14(15)5-2-6-14/h3-4,9-10,15H,2,5-8H2,1H3. The molecule has 0 heterocycles. The zero-order valence-electron chi connectivity index (χ0n) is 9.29. The highest BCUT2D eigenvalue weighted by atomic mass is 16.3. The molecule has 0 saturated heterocycles. The summed E-state index contributed by atoms with van der Waals surface area (Å²) >= 11 is 0. The molecule has 0 spiro atoms. The van der Waals surface area contributed by atoms with E-state index in [2.05, 4.69) is 25.1 Å². The first-order valence-electron chi connectivity index (χ1n) is 6.02. The van der Waals surface area contributed by atoms with Gasteiger partial charge in [0.2, 0.25) is 0 Å². The molecule has 1 saturated carbocycles. The molecular formula is C14H18O. The minimum atomic E-state index is -0.485. The van der Waals surface area contributed by atoms with Crippen LogP contribution in [0.1, 0.15) is 42.9 Å². The Morgan fingerprint density at radius 2 is 1.93 bits per heavy atom. The van der Waals surface area contributed by atoms with Crippen LogP contribution in [0.15, 0.2) is 18.2 Å². The lowest BCUT2D eigenvalue weighted by atomic mass is 9.74. The van der Waals surface area contributed by atoms with Crippen LogP contribution in [0.4, 0.5) is 0 Å². The minimum Gasteiger partial charge on any atom is -0.385 e. The average molecular weight is 202 g/mol. The first-order chi connectivity index (χ1) is 7.17. The molecule has 1 N–H and O–H groups in total. The third kappa shape index (κ3) is 1.41. The molecule has 1 unspecified atom stereocenters. The van der Waals surface area contributed by atoms with E-state index in [0.29, 0.717) is 0 Å². The summed E-state index contributed by atoms with van der Waals surface area (Å²) in [5.74, 6) is 0.784. The van der Waals surface area contributed by atoms with E-state index in [4.69, 9.17) is 0 Å². The van der Waals surface area contributed by atoms with Gasteiger partial charge in [-0.05, 0) is 54.7 Å². The number of hydrogen-bond donors (Lipinski definition) is 1. The number of hydrogen-bond acceptors (Lipinski definition) is 1. The lowest BCUT2D eigenvalue weighted by Gasteiger charge is -2.37. The second-order valence-corrected chi connectivity index (χ2v) is 5.38. The Morgan fingerprint density at radius 3 is 2.60 bits per heavy atom. The number of benzene rings is 1. The largest absolute Gasteiger partial charge is 0.385 e. The van der Waals surface area contributed by atoms with Crippen molar-refractivity contribution in [2.24, 2.45) is 5.92 Å². The molecular weight excluding hydrogens is 184 g/mol. The van der Waals surface area contributed by atoms with Crippen molar-refractivity contribution in [1.29, 1.82) is 0 Å². The van der Waals surface area contributed by atoms with Gasteiger partial charge in [-0.1, -0.05) is 25.1 Å². The molecule has 0 aromatic heterocycles. The Kier molecular flexibility index (Phi) is 1.93. The Bertz CT molecular complexity index is 390. The second kappa shape index (κ2) is 3.08. The molecule has 1 heteroatoms. The highest BCUT2D eigenvalue weighted by Gasteiger charge is 2.36. The maximum Gasteiger partial charge on any atom is 0.0896 e. The van der Waals surface area contributed by atoms with Crippen LogP contribution in [0.2, 0.25) is 0 Å². The predicted molar refractivity (Wildman–Crippen MR) is 60.8 cm³/mol. The van der Waals surface area contributed by atoms with Crippen LogP contribution in [0.25, 0.3) is 0 Å². The van der Waals surface area contributed by atoms with Crippen molar-refractivity contribution in [2.75, 3.05) is 0 Å². The summed E-state index contributed by atoms with van der Waals surface area (Å²) in [6.07, 6.45) is 5.47. The monoisotopic (exact) mass is 202 g/mol. The summed E-state index contributed by atoms with van der Waals surface area (Å²) in [6.45, 7) is 2.30. The number of aliphatic hydroxyl groups is 1. The molecule has 3 rings (SSSR count). The van der Waals surface area contributed by atoms with Crippen LogP contribution in [-0.4, -0.2) is 5.11 Å². The van der Waals surface area contributed by atoms with E-state index in [9.17, 15) is 5.11 Å². The van der Waals surface area contributed by atoms with Crippen LogP contribution in [0.5, 0.6) is 0 Å². The van der Waals surface area contributed by atoms with Crippen LogP contribution in [-0.2, 0) is 18.4 Å². The van der Waals surface area contributed by atoms with Gasteiger partial charge in [0.05, 0.1) is 5.60 Å². The first kappa shape index (κ1) is 9.41. The maximum atomic E-state index is 10.3. The zero-order valence-corrected chi connectivity index (χ0v) is 9.29. The lowest BCUT2D eigenvalue weighted by molar-refractivity contribution is -0.0388. The summed E-state index contributed by atoms with van der Waals surface area (Å²) in [5.41, 5.74) is 3.64. The summed E-state index contributed by atoms with van der Waals surface area (Å²) in [6, 6.07) is 6.61. The van der Waals surface area contributed by atoms with E-state index in [1.165, 1.54) is 30.4 Å². The molecule has 2 aliphatic rings. The van der Waals surface area contributed by atoms with Crippen LogP contribution in [0, 0.1) is 5.92 Å². The summed E-state index contributed by atoms with van der Waals surface area (Å²) in [5, 5.41) is 10.3. The van der Waals surface area contributed by atoms with Crippen molar-refractivity contribution in [3.63, 3.8) is 0 Å². The fourth-order valence-electron chi connectivity index (χ4n) is 2.93. The summed E-state index contributed by atoms with van der Waals surface area (Å²) in [7, 11) is 0. The van der Waals surface area contributed by atoms with E-state index in [1.807, 2.05) is 0 Å². The van der Waals surface area contributed by atoms with E-state index < -0.39 is 5.60 Å². The fraction of sp³-hybridized carbons (Fsp3) is 0.571. The Morgan fingerprint density at radius 1 is 1.20 bits per heavy atom. The van der Waals surface area contributed by atoms with Crippen molar-refractivity contribution in [2.45, 2.75) is 44.6 Å². The third-order valence-corrected chi connectivity index (χ3v) is 4.06. The van der Waals surface area contributed by atoms with E-state index >= 15 is 0 Å². The van der Waals surface area contributed by atoms with Gasteiger partial charge < -0.3 is 5.11 Å². The molecule has 0 radical (unpaired) electrons. The van der Waals surface area contributed by atoms with E-state index in [1.54, 1.807) is 0 Å². The molecule has 15 heavy (non-hydrogen) atoms. The minimum absolute atomic E-state index is 0.485. The molecule has 1 aromatic carbocycles. The molecule has 1 fully saturated rings. The number of rotatable bonds is 1. The SMILES string of the molecule is CC1Cc2ccc(C3(O)CCC3)cc2C1. The molecule has 2 aliphatic carbocycles. The van der Waals surface area contributed by atoms with Gasteiger partial charge in [-0.25, -0.2) is 0 Å². The normalized spacial score (nSPS) is 27.2. The highest BCUT2D eigenvalue weighted by molar-refractivity contribution is 5.38. The van der Waals surface area contributed by atoms with Gasteiger partial charge in [-0.15, -0.1) is 0 Å². The van der Waals surface area contributed by atoms with Gasteiger partial charge in [0.1, 0.15) is 0 Å². The topological polar surface area (TPSA) is 20.2 Å². The number of fused-ring (bicyclic) bond motifs is 1. The van der Waals surface area contributed by atoms with Crippen molar-refractivity contribution in [3.05, 3.63) is 34.9 Å². The molecule has 1 atom stereocenters. The first-order valence-corrected chi connectivity index (χ1v) is 6.02. The quantitative estimate of drug-likeness (QED) is 0.742. The second-order valence-electron chi connectivity index (χ2n) is 5.38. The van der Waals surface area contributed by atoms with Crippen molar-refractivity contribution in [3.8, 4) is 0 Å². The van der Waals surface area contributed by atoms with Gasteiger partial charge in [0.25, 0.3) is 0 Å². The average Bonchev–Trinajstić information content (AvgIpc) is 2.53. The zero-order chi connectivity index (χ0) is 10.5. The van der Waals surface area contributed by atoms with E-state index in [0.717, 1.165) is 24.3 Å². The fourth-order valence-corrected chi connectivity index (χ4v) is 2.93. The molecule has 0 aliphatic heterocycles. The molecule has 80 valence electrons. The third-order valence-electron chi connectivity index (χ3n) is 4.06. The highest BCUT2D eigenvalue weighted by Crippen LogP contribution is 2.42. The molecule has 1 aromatic rings. The Balaban J connectivity index is 1.96. The Labute approximate surface area is 91.1 Å². The smallest absolute Gasteiger partial charge is 0.0896 e. The van der Waals surface area contributed by atoms with Gasteiger partial charge in [-0.2, -0.15) is 0 Å². The molecule has 0 amide bonds. The van der Waals surface area contributed by atoms with Crippen molar-refractivity contribution < 1.29 is 5.11 Å². The van der Waals surface area contributed by atoms with Crippen molar-refractivity contribution in [1.82, 2.24) is 0 Å². The van der Waals surface area contributed by atoms with Crippen LogP contribution >= 0.6 is 0 Å². The molecule has 0 bridgehead atoms. The van der Waals surface area contributed by atoms with Gasteiger partial charge in [0, 0.05) is 0 Å². The maximum absolute atomic E-state index is 10.3. The summed E-state index contributed by atoms with van der Waals surface area (Å²) in [4.78, 5) is 0. The van der Waals surface area contributed by atoms with E-state index in [-0.39, 0.29) is 0 Å². The van der Waals surface area contributed by atoms with Crippen molar-refractivity contribution >= 4 is 0 Å². The Hall–Kier alpha value is -0.820. The predicted octanol–water partition coefficient (Wildman–Crippen LogP) is 2.79. The van der Waals surface area contributed by atoms with Gasteiger partial charge in [0.15, 0.2) is 0 Å². The van der Waals surface area contributed by atoms with Crippen LogP contribution < -0.4 is 0 Å². The molecule has 1 nitrogen and oxygen atoms in total. The summed E-state index contributed by atoms with van der Waals surface area (Å²) < 4.78 is 0. The lowest BCUT2D eigenvalue weighted by Crippen LogP contribution is -2.33. The van der Waals surface area contributed by atoms with Gasteiger partial charge >= 0.3 is 0 Å². The van der Waals surface area contributed by atoms with Gasteiger partial charge in [-0.3, -0.25) is 0 Å².